The molecule has 0 aliphatic rings. The molecule has 0 aromatic heterocycles. The van der Waals surface area contributed by atoms with Crippen molar-refractivity contribution in [1.29, 1.82) is 0 Å². The molecule has 0 aliphatic carbocycles. The molecule has 0 atom stereocenters. The van der Waals surface area contributed by atoms with Gasteiger partial charge in [0.25, 0.3) is 5.91 Å². The van der Waals surface area contributed by atoms with Gasteiger partial charge >= 0.3 is 0 Å². The van der Waals surface area contributed by atoms with Gasteiger partial charge in [-0.2, -0.15) is 0 Å². The van der Waals surface area contributed by atoms with E-state index in [0.29, 0.717) is 5.56 Å². The SMILES string of the molecule is CC(C)(C)ONC(=O)c1ccccc1Br. The van der Waals surface area contributed by atoms with Crippen LogP contribution in [0.4, 0.5) is 0 Å². The third kappa shape index (κ3) is 4.01. The number of carbonyl (C=O) groups is 1. The molecule has 1 amide bonds. The standard InChI is InChI=1S/C11H14BrNO2/c1-11(2,3)15-13-10(14)8-6-4-5-7-9(8)12/h4-7H,1-3H3,(H,13,14). The van der Waals surface area contributed by atoms with Gasteiger partial charge in [0.05, 0.1) is 11.2 Å². The minimum Gasteiger partial charge on any atom is -0.268 e. The largest absolute Gasteiger partial charge is 0.276 e. The predicted molar refractivity (Wildman–Crippen MR) is 62.4 cm³/mol. The molecule has 0 bridgehead atoms. The van der Waals surface area contributed by atoms with Crippen LogP contribution in [0.25, 0.3) is 0 Å². The Labute approximate surface area is 97.9 Å². The molecule has 1 rings (SSSR count). The number of carbonyl (C=O) groups excluding carboxylic acids is 1. The highest BCUT2D eigenvalue weighted by Gasteiger charge is 2.15. The fourth-order valence-corrected chi connectivity index (χ4v) is 1.36. The van der Waals surface area contributed by atoms with Crippen molar-refractivity contribution >= 4 is 21.8 Å². The molecule has 15 heavy (non-hydrogen) atoms. The minimum atomic E-state index is -0.392. The fourth-order valence-electron chi connectivity index (χ4n) is 0.900. The molecule has 82 valence electrons. The second-order valence-corrected chi connectivity index (χ2v) is 4.98. The molecule has 3 nitrogen and oxygen atoms in total. The van der Waals surface area contributed by atoms with Crippen molar-refractivity contribution in [2.24, 2.45) is 0 Å². The number of halogens is 1. The molecule has 0 saturated carbocycles. The first-order chi connectivity index (χ1) is 6.90. The monoisotopic (exact) mass is 271 g/mol. The first-order valence-corrected chi connectivity index (χ1v) is 5.42. The maximum atomic E-state index is 11.6. The maximum Gasteiger partial charge on any atom is 0.276 e. The van der Waals surface area contributed by atoms with Crippen molar-refractivity contribution in [3.8, 4) is 0 Å². The van der Waals surface area contributed by atoms with Crippen molar-refractivity contribution in [2.75, 3.05) is 0 Å². The number of hydrogen-bond acceptors (Lipinski definition) is 2. The van der Waals surface area contributed by atoms with E-state index in [9.17, 15) is 4.79 Å². The smallest absolute Gasteiger partial charge is 0.268 e. The molecule has 1 aromatic rings. The highest BCUT2D eigenvalue weighted by atomic mass is 79.9. The number of benzene rings is 1. The number of rotatable bonds is 2. The van der Waals surface area contributed by atoms with Crippen LogP contribution >= 0.6 is 15.9 Å². The predicted octanol–water partition coefficient (Wildman–Crippen LogP) is 2.91. The molecule has 0 radical (unpaired) electrons. The summed E-state index contributed by atoms with van der Waals surface area (Å²) in [4.78, 5) is 16.8. The highest BCUT2D eigenvalue weighted by Crippen LogP contribution is 2.15. The Bertz CT molecular complexity index is 358. The average Bonchev–Trinajstić information content (AvgIpc) is 2.14. The van der Waals surface area contributed by atoms with Crippen molar-refractivity contribution in [1.82, 2.24) is 5.48 Å². The Morgan fingerprint density at radius 1 is 1.33 bits per heavy atom. The molecule has 0 aliphatic heterocycles. The van der Waals surface area contributed by atoms with Crippen molar-refractivity contribution < 1.29 is 9.63 Å². The summed E-state index contributed by atoms with van der Waals surface area (Å²) in [5.74, 6) is -0.252. The van der Waals surface area contributed by atoms with Gasteiger partial charge in [0.15, 0.2) is 0 Å². The van der Waals surface area contributed by atoms with E-state index in [1.54, 1.807) is 12.1 Å². The van der Waals surface area contributed by atoms with E-state index in [-0.39, 0.29) is 5.91 Å². The Balaban J connectivity index is 2.66. The van der Waals surface area contributed by atoms with Crippen molar-refractivity contribution in [3.63, 3.8) is 0 Å². The van der Waals surface area contributed by atoms with Gasteiger partial charge in [0, 0.05) is 4.47 Å². The lowest BCUT2D eigenvalue weighted by molar-refractivity contribution is -0.0590. The van der Waals surface area contributed by atoms with Crippen LogP contribution in [-0.4, -0.2) is 11.5 Å². The van der Waals surface area contributed by atoms with Crippen molar-refractivity contribution in [3.05, 3.63) is 34.3 Å². The first kappa shape index (κ1) is 12.2. The molecule has 0 spiro atoms. The van der Waals surface area contributed by atoms with E-state index in [4.69, 9.17) is 4.84 Å². The Hall–Kier alpha value is -0.870. The molecular weight excluding hydrogens is 258 g/mol. The van der Waals surface area contributed by atoms with E-state index in [1.807, 2.05) is 32.9 Å². The summed E-state index contributed by atoms with van der Waals surface area (Å²) in [6, 6.07) is 7.19. The van der Waals surface area contributed by atoms with Gasteiger partial charge in [-0.25, -0.2) is 5.48 Å². The van der Waals surface area contributed by atoms with Crippen LogP contribution in [0.15, 0.2) is 28.7 Å². The lowest BCUT2D eigenvalue weighted by Crippen LogP contribution is -2.33. The lowest BCUT2D eigenvalue weighted by Gasteiger charge is -2.19. The van der Waals surface area contributed by atoms with Crippen LogP contribution in [0.2, 0.25) is 0 Å². The number of amides is 1. The van der Waals surface area contributed by atoms with Gasteiger partial charge < -0.3 is 0 Å². The molecule has 0 saturated heterocycles. The molecule has 0 fully saturated rings. The Morgan fingerprint density at radius 2 is 1.93 bits per heavy atom. The zero-order chi connectivity index (χ0) is 11.5. The van der Waals surface area contributed by atoms with Gasteiger partial charge in [-0.1, -0.05) is 12.1 Å². The average molecular weight is 272 g/mol. The van der Waals surface area contributed by atoms with Crippen LogP contribution in [0.5, 0.6) is 0 Å². The summed E-state index contributed by atoms with van der Waals surface area (Å²) in [6.45, 7) is 5.61. The summed E-state index contributed by atoms with van der Waals surface area (Å²) in [5.41, 5.74) is 2.58. The lowest BCUT2D eigenvalue weighted by atomic mass is 10.2. The summed E-state index contributed by atoms with van der Waals surface area (Å²) >= 11 is 3.30. The van der Waals surface area contributed by atoms with Crippen LogP contribution in [0.3, 0.4) is 0 Å². The Kier molecular flexibility index (Phi) is 3.88. The van der Waals surface area contributed by atoms with Crippen molar-refractivity contribution in [2.45, 2.75) is 26.4 Å². The van der Waals surface area contributed by atoms with Crippen LogP contribution in [0, 0.1) is 0 Å². The normalized spacial score (nSPS) is 11.2. The summed E-state index contributed by atoms with van der Waals surface area (Å²) in [7, 11) is 0. The second-order valence-electron chi connectivity index (χ2n) is 4.13. The minimum absolute atomic E-state index is 0.252. The number of nitrogens with one attached hydrogen (secondary N) is 1. The maximum absolute atomic E-state index is 11.6. The quantitative estimate of drug-likeness (QED) is 0.841. The fraction of sp³-hybridized carbons (Fsp3) is 0.364. The van der Waals surface area contributed by atoms with E-state index in [0.717, 1.165) is 4.47 Å². The topological polar surface area (TPSA) is 38.3 Å². The van der Waals surface area contributed by atoms with Crippen LogP contribution in [0.1, 0.15) is 31.1 Å². The van der Waals surface area contributed by atoms with E-state index >= 15 is 0 Å². The zero-order valence-corrected chi connectivity index (χ0v) is 10.6. The summed E-state index contributed by atoms with van der Waals surface area (Å²) < 4.78 is 0.750. The van der Waals surface area contributed by atoms with Gasteiger partial charge in [-0.3, -0.25) is 9.63 Å². The second kappa shape index (κ2) is 4.77. The van der Waals surface area contributed by atoms with Gasteiger partial charge in [0.1, 0.15) is 0 Å². The first-order valence-electron chi connectivity index (χ1n) is 4.63. The summed E-state index contributed by atoms with van der Waals surface area (Å²) in [6.07, 6.45) is 0. The number of hydroxylamine groups is 1. The van der Waals surface area contributed by atoms with E-state index in [2.05, 4.69) is 21.4 Å². The van der Waals surface area contributed by atoms with Gasteiger partial charge in [-0.05, 0) is 48.8 Å². The number of hydrogen-bond donors (Lipinski definition) is 1. The molecule has 0 unspecified atom stereocenters. The molecular formula is C11H14BrNO2. The molecule has 1 N–H and O–H groups in total. The molecule has 4 heteroatoms. The van der Waals surface area contributed by atoms with Gasteiger partial charge in [-0.15, -0.1) is 0 Å². The summed E-state index contributed by atoms with van der Waals surface area (Å²) in [5, 5.41) is 0. The van der Waals surface area contributed by atoms with E-state index < -0.39 is 5.60 Å². The third-order valence-corrected chi connectivity index (χ3v) is 2.26. The van der Waals surface area contributed by atoms with E-state index in [1.165, 1.54) is 0 Å². The molecule has 1 aromatic carbocycles. The highest BCUT2D eigenvalue weighted by molar-refractivity contribution is 9.10. The molecule has 0 heterocycles. The van der Waals surface area contributed by atoms with Crippen LogP contribution < -0.4 is 5.48 Å². The van der Waals surface area contributed by atoms with Crippen LogP contribution in [-0.2, 0) is 4.84 Å². The Morgan fingerprint density at radius 3 is 2.47 bits per heavy atom. The zero-order valence-electron chi connectivity index (χ0n) is 9.00. The van der Waals surface area contributed by atoms with Gasteiger partial charge in [0.2, 0.25) is 0 Å². The third-order valence-electron chi connectivity index (χ3n) is 1.57.